The molecule has 0 amide bonds. The van der Waals surface area contributed by atoms with E-state index in [-0.39, 0.29) is 5.04 Å². The molecule has 0 heterocycles. The van der Waals surface area contributed by atoms with Crippen molar-refractivity contribution in [3.05, 3.63) is 0 Å². The Bertz CT molecular complexity index is 276. The second-order valence-corrected chi connectivity index (χ2v) is 11.3. The Hall–Kier alpha value is 0.137. The zero-order valence-electron chi connectivity index (χ0n) is 14.2. The Morgan fingerprint density at radius 1 is 1.11 bits per heavy atom. The van der Waals surface area contributed by atoms with E-state index in [1.807, 2.05) is 14.2 Å². The fourth-order valence-electron chi connectivity index (χ4n) is 4.36. The first-order chi connectivity index (χ1) is 8.78. The predicted octanol–water partition coefficient (Wildman–Crippen LogP) is 4.98. The van der Waals surface area contributed by atoms with E-state index in [1.165, 1.54) is 19.3 Å². The van der Waals surface area contributed by atoms with Gasteiger partial charge in [-0.15, -0.1) is 0 Å². The van der Waals surface area contributed by atoms with Crippen molar-refractivity contribution in [1.82, 2.24) is 0 Å². The Labute approximate surface area is 121 Å². The lowest BCUT2D eigenvalue weighted by molar-refractivity contribution is 0.161. The quantitative estimate of drug-likeness (QED) is 0.641. The molecule has 0 aromatic carbocycles. The molecule has 0 aromatic heterocycles. The van der Waals surface area contributed by atoms with Crippen LogP contribution in [-0.2, 0) is 8.85 Å². The van der Waals surface area contributed by atoms with Gasteiger partial charge in [-0.25, -0.2) is 0 Å². The van der Waals surface area contributed by atoms with Crippen LogP contribution in [0.25, 0.3) is 0 Å². The van der Waals surface area contributed by atoms with Gasteiger partial charge < -0.3 is 8.85 Å². The molecule has 0 bridgehead atoms. The first kappa shape index (κ1) is 17.2. The van der Waals surface area contributed by atoms with Crippen LogP contribution in [0.3, 0.4) is 0 Å². The molecule has 19 heavy (non-hydrogen) atoms. The SMILES string of the molecule is CCC(C)C(C)(C)[Si](OC)(OC)C1C(C)CCC1C. The lowest BCUT2D eigenvalue weighted by atomic mass is 9.94. The standard InChI is InChI=1S/C16H34O2Si/c1-9-14(4)16(5,6)19(17-7,18-8)15-12(2)10-11-13(15)3/h12-15H,9-11H2,1-8H3. The molecule has 0 aromatic rings. The first-order valence-corrected chi connectivity index (χ1v) is 9.78. The third-order valence-electron chi connectivity index (χ3n) is 6.09. The van der Waals surface area contributed by atoms with E-state index in [0.29, 0.717) is 11.5 Å². The largest absolute Gasteiger partial charge is 0.397 e. The van der Waals surface area contributed by atoms with E-state index >= 15 is 0 Å². The first-order valence-electron chi connectivity index (χ1n) is 7.88. The lowest BCUT2D eigenvalue weighted by Gasteiger charge is -2.50. The Morgan fingerprint density at radius 2 is 1.53 bits per heavy atom. The van der Waals surface area contributed by atoms with E-state index in [2.05, 4.69) is 41.5 Å². The maximum absolute atomic E-state index is 6.22. The van der Waals surface area contributed by atoms with Crippen LogP contribution in [0.1, 0.15) is 60.8 Å². The molecule has 3 unspecified atom stereocenters. The summed E-state index contributed by atoms with van der Waals surface area (Å²) in [7, 11) is 1.52. The van der Waals surface area contributed by atoms with E-state index in [4.69, 9.17) is 8.85 Å². The van der Waals surface area contributed by atoms with Gasteiger partial charge in [-0.05, 0) is 17.8 Å². The molecule has 1 fully saturated rings. The Kier molecular flexibility index (Phi) is 5.68. The van der Waals surface area contributed by atoms with Gasteiger partial charge in [0.1, 0.15) is 0 Å². The minimum absolute atomic E-state index is 0.142. The highest BCUT2D eigenvalue weighted by Gasteiger charge is 2.61. The average Bonchev–Trinajstić information content (AvgIpc) is 2.71. The zero-order chi connectivity index (χ0) is 14.8. The molecular formula is C16H34O2Si. The molecule has 2 nitrogen and oxygen atoms in total. The van der Waals surface area contributed by atoms with E-state index < -0.39 is 8.56 Å². The van der Waals surface area contributed by atoms with Gasteiger partial charge >= 0.3 is 8.56 Å². The van der Waals surface area contributed by atoms with E-state index in [0.717, 1.165) is 11.8 Å². The summed E-state index contributed by atoms with van der Waals surface area (Å²) in [6.45, 7) is 14.2. The smallest absolute Gasteiger partial charge is 0.347 e. The highest BCUT2D eigenvalue weighted by atomic mass is 28.4. The molecule has 3 atom stereocenters. The average molecular weight is 287 g/mol. The molecule has 1 rings (SSSR count). The van der Waals surface area contributed by atoms with Crippen LogP contribution in [0.4, 0.5) is 0 Å². The maximum Gasteiger partial charge on any atom is 0.347 e. The fourth-order valence-corrected chi connectivity index (χ4v) is 9.70. The topological polar surface area (TPSA) is 18.5 Å². The van der Waals surface area contributed by atoms with Crippen LogP contribution in [-0.4, -0.2) is 22.8 Å². The van der Waals surface area contributed by atoms with Gasteiger partial charge in [-0.1, -0.05) is 60.8 Å². The van der Waals surface area contributed by atoms with Crippen LogP contribution in [0.2, 0.25) is 10.6 Å². The summed E-state index contributed by atoms with van der Waals surface area (Å²) in [6.07, 6.45) is 3.83. The van der Waals surface area contributed by atoms with Crippen molar-refractivity contribution in [1.29, 1.82) is 0 Å². The normalized spacial score (nSPS) is 30.6. The van der Waals surface area contributed by atoms with Crippen LogP contribution in [0.15, 0.2) is 0 Å². The van der Waals surface area contributed by atoms with E-state index in [9.17, 15) is 0 Å². The molecule has 1 aliphatic rings. The molecule has 3 heteroatoms. The zero-order valence-corrected chi connectivity index (χ0v) is 15.2. The van der Waals surface area contributed by atoms with Gasteiger partial charge in [0.25, 0.3) is 0 Å². The van der Waals surface area contributed by atoms with Crippen LogP contribution in [0.5, 0.6) is 0 Å². The minimum atomic E-state index is -2.25. The molecule has 1 saturated carbocycles. The van der Waals surface area contributed by atoms with Gasteiger partial charge in [0.15, 0.2) is 0 Å². The predicted molar refractivity (Wildman–Crippen MR) is 84.6 cm³/mol. The monoisotopic (exact) mass is 286 g/mol. The van der Waals surface area contributed by atoms with Crippen molar-refractivity contribution >= 4 is 8.56 Å². The molecule has 0 saturated heterocycles. The molecule has 0 aliphatic heterocycles. The third-order valence-corrected chi connectivity index (χ3v) is 11.6. The van der Waals surface area contributed by atoms with Crippen molar-refractivity contribution in [2.24, 2.45) is 17.8 Å². The van der Waals surface area contributed by atoms with E-state index in [1.54, 1.807) is 0 Å². The Balaban J connectivity index is 3.23. The van der Waals surface area contributed by atoms with Gasteiger partial charge in [-0.2, -0.15) is 0 Å². The summed E-state index contributed by atoms with van der Waals surface area (Å²) in [6, 6.07) is 0. The van der Waals surface area contributed by atoms with Gasteiger partial charge in [0.05, 0.1) is 0 Å². The minimum Gasteiger partial charge on any atom is -0.397 e. The second-order valence-electron chi connectivity index (χ2n) is 7.16. The van der Waals surface area contributed by atoms with Crippen molar-refractivity contribution in [2.75, 3.05) is 14.2 Å². The summed E-state index contributed by atoms with van der Waals surface area (Å²) in [5.74, 6) is 2.08. The molecule has 0 spiro atoms. The van der Waals surface area contributed by atoms with Gasteiger partial charge in [-0.3, -0.25) is 0 Å². The summed E-state index contributed by atoms with van der Waals surface area (Å²) in [4.78, 5) is 0. The third kappa shape index (κ3) is 2.66. The highest BCUT2D eigenvalue weighted by molar-refractivity contribution is 6.72. The summed E-state index contributed by atoms with van der Waals surface area (Å²) in [5.41, 5.74) is 0.617. The van der Waals surface area contributed by atoms with Crippen molar-refractivity contribution in [3.63, 3.8) is 0 Å². The number of rotatable bonds is 6. The van der Waals surface area contributed by atoms with Crippen LogP contribution < -0.4 is 0 Å². The maximum atomic E-state index is 6.22. The van der Waals surface area contributed by atoms with Crippen LogP contribution in [0, 0.1) is 17.8 Å². The Morgan fingerprint density at radius 3 is 1.84 bits per heavy atom. The summed E-state index contributed by atoms with van der Waals surface area (Å²) >= 11 is 0. The molecular weight excluding hydrogens is 252 g/mol. The summed E-state index contributed by atoms with van der Waals surface area (Å²) in [5, 5.41) is 0.142. The van der Waals surface area contributed by atoms with Gasteiger partial charge in [0, 0.05) is 24.8 Å². The molecule has 114 valence electrons. The highest BCUT2D eigenvalue weighted by Crippen LogP contribution is 2.58. The van der Waals surface area contributed by atoms with Crippen LogP contribution >= 0.6 is 0 Å². The second kappa shape index (κ2) is 6.27. The molecule has 0 radical (unpaired) electrons. The van der Waals surface area contributed by atoms with Gasteiger partial charge in [0.2, 0.25) is 0 Å². The lowest BCUT2D eigenvalue weighted by Crippen LogP contribution is -2.57. The number of hydrogen-bond acceptors (Lipinski definition) is 2. The van der Waals surface area contributed by atoms with Crippen molar-refractivity contribution in [2.45, 2.75) is 71.4 Å². The number of hydrogen-bond donors (Lipinski definition) is 0. The van der Waals surface area contributed by atoms with Crippen molar-refractivity contribution in [3.8, 4) is 0 Å². The molecule has 1 aliphatic carbocycles. The fraction of sp³-hybridized carbons (Fsp3) is 1.00. The van der Waals surface area contributed by atoms with Crippen molar-refractivity contribution < 1.29 is 8.85 Å². The molecule has 0 N–H and O–H groups in total. The summed E-state index contributed by atoms with van der Waals surface area (Å²) < 4.78 is 12.4.